The molecule has 1 atom stereocenters. The molecule has 1 unspecified atom stereocenters. The number of carboxylic acid groups (broad SMARTS) is 1. The molecule has 0 radical (unpaired) electrons. The first kappa shape index (κ1) is 94.2. The van der Waals surface area contributed by atoms with Crippen LogP contribution in [0.25, 0.3) is 43.4 Å². The number of carbonyl (C=O) groups excluding carboxylic acids is 5. The van der Waals surface area contributed by atoms with E-state index in [2.05, 4.69) is 139 Å². The fourth-order valence-electron chi connectivity index (χ4n) is 10.9. The van der Waals surface area contributed by atoms with E-state index >= 15 is 0 Å². The van der Waals surface area contributed by atoms with Crippen LogP contribution in [0.4, 0.5) is 42.2 Å². The standard InChI is InChI=1S/C24H20FN3O3S2.C19H19FN2S.C18H18BrFO.C18H19FO.C8H7FO2.C4H3NO2S.CO2/c1-24(2,3)16-8-4-14(5-9-16)20-21(15-6-10-17(25)11-7-15)33-23(26-20)27-22(29)18-12-13-19(32-18)28(30)31;1-19(2,3)14-8-4-12(5-9-14)16-17(23-18(21)22-16)13-6-10-15(20)11-7-13;1-18(2,3)14-8-4-13(5-9-14)17(21)16(19)12-6-10-15(20)11-7-12;1-18(2,3)15-8-6-14(7-9-15)17(20)12-13-4-10-16(19)11-5-13;9-7-3-1-6(2-4-7)5-8(10)11;6-5(7)4-2-1-3-8-4;2-1-3/h4-13H,1-3H3,(H,26,27,29);4-11H,1-3H3,(H2,21,22);4-11,16H,1-3H3;4-11H,12H2,1-3H3;1-4H,5H2,(H,10,11);1-3H;. The lowest BCUT2D eigenvalue weighted by Gasteiger charge is -2.19. The number of hydrogen-bond acceptors (Lipinski definition) is 17. The Hall–Kier alpha value is -12.0. The second-order valence-corrected chi connectivity index (χ2v) is 35.5. The van der Waals surface area contributed by atoms with Crippen molar-refractivity contribution in [1.29, 1.82) is 0 Å². The molecule has 4 heterocycles. The van der Waals surface area contributed by atoms with Crippen molar-refractivity contribution in [3.8, 4) is 43.4 Å². The summed E-state index contributed by atoms with van der Waals surface area (Å²) < 4.78 is 64.7. The molecule has 4 aromatic heterocycles. The van der Waals surface area contributed by atoms with Gasteiger partial charge in [-0.1, -0.05) is 302 Å². The molecule has 616 valence electrons. The number of thiazole rings is 2. The molecular weight excluding hydrogens is 1670 g/mol. The average Bonchev–Trinajstić information content (AvgIpc) is 1.71. The minimum Gasteiger partial charge on any atom is -0.481 e. The summed E-state index contributed by atoms with van der Waals surface area (Å²) >= 11 is 8.02. The van der Waals surface area contributed by atoms with Crippen LogP contribution in [-0.4, -0.2) is 54.5 Å². The molecule has 0 aliphatic rings. The van der Waals surface area contributed by atoms with Gasteiger partial charge in [0.25, 0.3) is 5.91 Å². The summed E-state index contributed by atoms with van der Waals surface area (Å²) in [6.07, 6.45) is 0.495. The predicted octanol–water partition coefficient (Wildman–Crippen LogP) is 25.1. The highest BCUT2D eigenvalue weighted by atomic mass is 79.9. The van der Waals surface area contributed by atoms with Crippen molar-refractivity contribution in [2.75, 3.05) is 11.1 Å². The highest BCUT2D eigenvalue weighted by Gasteiger charge is 2.25. The molecule has 0 fully saturated rings. The van der Waals surface area contributed by atoms with Gasteiger partial charge >= 0.3 is 22.1 Å². The van der Waals surface area contributed by atoms with Gasteiger partial charge in [-0.25, -0.2) is 31.9 Å². The Balaban J connectivity index is 0.000000204. The number of rotatable bonds is 16. The van der Waals surface area contributed by atoms with Crippen LogP contribution >= 0.6 is 61.3 Å². The maximum atomic E-state index is 13.5. The zero-order chi connectivity index (χ0) is 87.7. The number of Topliss-reactive ketones (excluding diaryl/α,β-unsaturated/α-hetero) is 2. The lowest BCUT2D eigenvalue weighted by atomic mass is 9.86. The highest BCUT2D eigenvalue weighted by Crippen LogP contribution is 2.42. The topological polar surface area (TPSA) is 273 Å². The number of carboxylic acids is 1. The summed E-state index contributed by atoms with van der Waals surface area (Å²) in [5.74, 6) is -2.87. The lowest BCUT2D eigenvalue weighted by molar-refractivity contribution is -0.380. The van der Waals surface area contributed by atoms with Crippen molar-refractivity contribution in [3.63, 3.8) is 0 Å². The Morgan fingerprint density at radius 3 is 1.18 bits per heavy atom. The van der Waals surface area contributed by atoms with Gasteiger partial charge < -0.3 is 10.8 Å². The number of nitrogens with two attached hydrogens (primary N) is 1. The van der Waals surface area contributed by atoms with Crippen LogP contribution in [0.3, 0.4) is 0 Å². The Kier molecular flexibility index (Phi) is 34.0. The molecule has 17 nitrogen and oxygen atoms in total. The van der Waals surface area contributed by atoms with E-state index in [0.29, 0.717) is 39.1 Å². The van der Waals surface area contributed by atoms with Crippen molar-refractivity contribution < 1.29 is 65.7 Å². The van der Waals surface area contributed by atoms with Crippen LogP contribution in [0, 0.1) is 49.3 Å². The molecule has 0 spiro atoms. The summed E-state index contributed by atoms with van der Waals surface area (Å²) in [7, 11) is 0. The number of aromatic nitrogens is 2. The quantitative estimate of drug-likeness (QED) is 0.0267. The van der Waals surface area contributed by atoms with Crippen LogP contribution in [0.2, 0.25) is 0 Å². The van der Waals surface area contributed by atoms with E-state index < -0.39 is 26.6 Å². The summed E-state index contributed by atoms with van der Waals surface area (Å²) in [5.41, 5.74) is 19.6. The number of aliphatic carboxylic acids is 1. The van der Waals surface area contributed by atoms with Gasteiger partial charge in [0, 0.05) is 40.8 Å². The molecular formula is C92H86BrF5N6O11S4. The number of carbonyl (C=O) groups is 4. The van der Waals surface area contributed by atoms with Gasteiger partial charge in [0.15, 0.2) is 21.8 Å². The van der Waals surface area contributed by atoms with Crippen molar-refractivity contribution in [2.45, 2.75) is 122 Å². The second kappa shape index (κ2) is 42.9. The lowest BCUT2D eigenvalue weighted by Crippen LogP contribution is -2.12. The number of amides is 1. The molecule has 0 bridgehead atoms. The number of nitrogen functional groups attached to an aromatic ring is 1. The Morgan fingerprint density at radius 2 is 0.815 bits per heavy atom. The van der Waals surface area contributed by atoms with E-state index in [1.165, 1.54) is 136 Å². The summed E-state index contributed by atoms with van der Waals surface area (Å²) in [6.45, 7) is 25.8. The first-order valence-electron chi connectivity index (χ1n) is 36.6. The molecule has 27 heteroatoms. The number of thiophene rings is 2. The molecule has 13 aromatic rings. The Labute approximate surface area is 711 Å². The van der Waals surface area contributed by atoms with Crippen LogP contribution in [-0.2, 0) is 48.9 Å². The molecule has 119 heavy (non-hydrogen) atoms. The number of ketones is 2. The van der Waals surface area contributed by atoms with Crippen molar-refractivity contribution in [2.24, 2.45) is 0 Å². The number of hydrogen-bond donors (Lipinski definition) is 3. The number of benzene rings is 9. The molecule has 0 saturated heterocycles. The third-order valence-electron chi connectivity index (χ3n) is 17.5. The largest absolute Gasteiger partial charge is 0.481 e. The zero-order valence-corrected chi connectivity index (χ0v) is 71.8. The van der Waals surface area contributed by atoms with E-state index in [-0.39, 0.29) is 89.8 Å². The minimum absolute atomic E-state index is 0.00282. The maximum Gasteiger partial charge on any atom is 0.373 e. The summed E-state index contributed by atoms with van der Waals surface area (Å²) in [6, 6.07) is 67.7. The van der Waals surface area contributed by atoms with E-state index in [9.17, 15) is 61.4 Å². The number of alkyl halides is 1. The van der Waals surface area contributed by atoms with Crippen LogP contribution in [0.5, 0.6) is 0 Å². The monoisotopic (exact) mass is 1750 g/mol. The molecule has 0 aliphatic heterocycles. The first-order valence-corrected chi connectivity index (χ1v) is 40.9. The van der Waals surface area contributed by atoms with Crippen LogP contribution < -0.4 is 11.1 Å². The molecule has 1 amide bonds. The normalized spacial score (nSPS) is 11.2. The van der Waals surface area contributed by atoms with Gasteiger partial charge in [0.2, 0.25) is 0 Å². The van der Waals surface area contributed by atoms with Gasteiger partial charge in [-0.2, -0.15) is 9.59 Å². The number of nitrogens with zero attached hydrogens (tertiary/aromatic N) is 4. The maximum absolute atomic E-state index is 13.5. The smallest absolute Gasteiger partial charge is 0.373 e. The fourth-order valence-corrected chi connectivity index (χ4v) is 14.6. The predicted molar refractivity (Wildman–Crippen MR) is 467 cm³/mol. The number of anilines is 2. The van der Waals surface area contributed by atoms with Gasteiger partial charge in [-0.15, -0.1) is 0 Å². The van der Waals surface area contributed by atoms with Gasteiger partial charge in [0.1, 0.15) is 33.9 Å². The highest BCUT2D eigenvalue weighted by molar-refractivity contribution is 9.09. The van der Waals surface area contributed by atoms with Gasteiger partial charge in [-0.3, -0.25) is 44.7 Å². The molecule has 4 N–H and O–H groups in total. The van der Waals surface area contributed by atoms with Crippen molar-refractivity contribution in [1.82, 2.24) is 9.97 Å². The first-order chi connectivity index (χ1) is 56.0. The third-order valence-corrected chi connectivity index (χ3v) is 22.2. The fraction of sp³-hybridized carbons (Fsp3) is 0.207. The Morgan fingerprint density at radius 1 is 0.462 bits per heavy atom. The molecule has 9 aromatic carbocycles. The van der Waals surface area contributed by atoms with Crippen LogP contribution in [0.15, 0.2) is 248 Å². The van der Waals surface area contributed by atoms with E-state index in [1.54, 1.807) is 60.0 Å². The van der Waals surface area contributed by atoms with E-state index in [4.69, 9.17) is 20.4 Å². The molecule has 0 aliphatic carbocycles. The molecule has 13 rings (SSSR count). The summed E-state index contributed by atoms with van der Waals surface area (Å²) in [5, 5.41) is 34.5. The molecule has 0 saturated carbocycles. The van der Waals surface area contributed by atoms with Gasteiger partial charge in [-0.05, 0) is 150 Å². The Bertz CT molecular complexity index is 5560. The number of nitrogens with one attached hydrogen (secondary N) is 1. The van der Waals surface area contributed by atoms with Crippen LogP contribution in [0.1, 0.15) is 157 Å². The summed E-state index contributed by atoms with van der Waals surface area (Å²) in [4.78, 5) is 94.1. The second-order valence-electron chi connectivity index (χ2n) is 30.6. The number of nitro groups is 2. The average molecular weight is 1750 g/mol. The zero-order valence-electron chi connectivity index (χ0n) is 67.0. The van der Waals surface area contributed by atoms with Gasteiger partial charge in [0.05, 0.1) is 42.3 Å². The van der Waals surface area contributed by atoms with Crippen molar-refractivity contribution >= 4 is 111 Å². The minimum atomic E-state index is -0.906. The van der Waals surface area contributed by atoms with Crippen molar-refractivity contribution in [3.05, 3.63) is 352 Å². The SMILES string of the molecule is CC(C)(C)c1ccc(-c2nc(N)sc2-c2ccc(F)cc2)cc1.CC(C)(C)c1ccc(-c2nc(NC(=O)c3ccc([N+](=O)[O-])s3)sc2-c2ccc(F)cc2)cc1.CC(C)(C)c1ccc(C(=O)C(Br)c2ccc(F)cc2)cc1.CC(C)(C)c1ccc(C(=O)Cc2ccc(F)cc2)cc1.O=C(O)Cc1ccc(F)cc1.O=C=O.O=[N+]([O-])c1cccs1. The number of halogens is 6. The van der Waals surface area contributed by atoms with E-state index in [0.717, 1.165) is 71.5 Å². The third kappa shape index (κ3) is 29.3. The van der Waals surface area contributed by atoms with E-state index in [1.807, 2.05) is 72.8 Å².